The van der Waals surface area contributed by atoms with Gasteiger partial charge in [0.2, 0.25) is 0 Å². The zero-order chi connectivity index (χ0) is 18.4. The predicted octanol–water partition coefficient (Wildman–Crippen LogP) is 3.87. The smallest absolute Gasteiger partial charge is 0.306 e. The van der Waals surface area contributed by atoms with Crippen molar-refractivity contribution >= 4 is 22.8 Å². The first-order chi connectivity index (χ1) is 12.6. The summed E-state index contributed by atoms with van der Waals surface area (Å²) in [5.74, 6) is -0.488. The van der Waals surface area contributed by atoms with E-state index in [2.05, 4.69) is 16.4 Å². The highest BCUT2D eigenvalue weighted by molar-refractivity contribution is 5.84. The van der Waals surface area contributed by atoms with E-state index in [0.29, 0.717) is 12.8 Å². The van der Waals surface area contributed by atoms with Gasteiger partial charge in [-0.05, 0) is 44.2 Å². The van der Waals surface area contributed by atoms with Crippen molar-refractivity contribution in [1.82, 2.24) is 10.3 Å². The van der Waals surface area contributed by atoms with Gasteiger partial charge in [-0.15, -0.1) is 0 Å². The summed E-state index contributed by atoms with van der Waals surface area (Å²) in [6, 6.07) is 8.37. The van der Waals surface area contributed by atoms with Gasteiger partial charge in [0.15, 0.2) is 6.10 Å². The number of carbonyl (C=O) groups excluding carboxylic acids is 2. The summed E-state index contributed by atoms with van der Waals surface area (Å²) >= 11 is 0. The van der Waals surface area contributed by atoms with E-state index < -0.39 is 6.10 Å². The number of aromatic amines is 1. The molecule has 5 heteroatoms. The molecule has 2 N–H and O–H groups in total. The molecule has 1 aromatic carbocycles. The van der Waals surface area contributed by atoms with Crippen LogP contribution < -0.4 is 5.32 Å². The van der Waals surface area contributed by atoms with Crippen LogP contribution in [0.1, 0.15) is 57.4 Å². The fraction of sp³-hybridized carbons (Fsp3) is 0.524. The predicted molar refractivity (Wildman–Crippen MR) is 102 cm³/mol. The van der Waals surface area contributed by atoms with Crippen LogP contribution >= 0.6 is 0 Å². The van der Waals surface area contributed by atoms with Crippen LogP contribution in [-0.4, -0.2) is 29.0 Å². The van der Waals surface area contributed by atoms with Crippen molar-refractivity contribution in [2.24, 2.45) is 0 Å². The van der Waals surface area contributed by atoms with Gasteiger partial charge in [0.05, 0.1) is 0 Å². The summed E-state index contributed by atoms with van der Waals surface area (Å²) in [4.78, 5) is 27.4. The summed E-state index contributed by atoms with van der Waals surface area (Å²) < 4.78 is 5.30. The summed E-state index contributed by atoms with van der Waals surface area (Å²) in [6.07, 6.45) is 8.72. The Morgan fingerprint density at radius 2 is 2.00 bits per heavy atom. The number of nitrogens with one attached hydrogen (secondary N) is 2. The molecule has 1 saturated carbocycles. The average molecular weight is 356 g/mol. The summed E-state index contributed by atoms with van der Waals surface area (Å²) in [5, 5.41) is 4.20. The van der Waals surface area contributed by atoms with Gasteiger partial charge in [-0.2, -0.15) is 0 Å². The number of aryl methyl sites for hydroxylation is 1. The topological polar surface area (TPSA) is 71.2 Å². The first-order valence-electron chi connectivity index (χ1n) is 9.68. The van der Waals surface area contributed by atoms with Crippen LogP contribution in [0.25, 0.3) is 10.9 Å². The van der Waals surface area contributed by atoms with Crippen molar-refractivity contribution in [2.45, 2.75) is 70.4 Å². The van der Waals surface area contributed by atoms with Gasteiger partial charge in [-0.25, -0.2) is 0 Å². The number of hydrogen-bond acceptors (Lipinski definition) is 3. The molecule has 2 aromatic rings. The molecule has 1 atom stereocenters. The molecular weight excluding hydrogens is 328 g/mol. The number of carbonyl (C=O) groups is 2. The summed E-state index contributed by atoms with van der Waals surface area (Å²) in [5.41, 5.74) is 2.31. The molecule has 1 heterocycles. The fourth-order valence-electron chi connectivity index (χ4n) is 3.64. The monoisotopic (exact) mass is 356 g/mol. The van der Waals surface area contributed by atoms with E-state index in [4.69, 9.17) is 4.74 Å². The van der Waals surface area contributed by atoms with Gasteiger partial charge in [0.1, 0.15) is 0 Å². The lowest BCUT2D eigenvalue weighted by atomic mass is 9.95. The quantitative estimate of drug-likeness (QED) is 0.740. The maximum atomic E-state index is 12.2. The van der Waals surface area contributed by atoms with Gasteiger partial charge in [-0.1, -0.05) is 37.5 Å². The van der Waals surface area contributed by atoms with Gasteiger partial charge >= 0.3 is 5.97 Å². The van der Waals surface area contributed by atoms with Crippen LogP contribution in [0.15, 0.2) is 30.5 Å². The van der Waals surface area contributed by atoms with Crippen LogP contribution in [0.4, 0.5) is 0 Å². The molecule has 1 amide bonds. The number of benzene rings is 1. The third-order valence-electron chi connectivity index (χ3n) is 5.13. The first kappa shape index (κ1) is 18.5. The van der Waals surface area contributed by atoms with Crippen molar-refractivity contribution in [2.75, 3.05) is 0 Å². The fourth-order valence-corrected chi connectivity index (χ4v) is 3.64. The van der Waals surface area contributed by atoms with Crippen LogP contribution in [-0.2, 0) is 20.7 Å². The number of H-pyrrole nitrogens is 1. The highest BCUT2D eigenvalue weighted by Gasteiger charge is 2.22. The van der Waals surface area contributed by atoms with Crippen molar-refractivity contribution in [1.29, 1.82) is 0 Å². The van der Waals surface area contributed by atoms with E-state index in [0.717, 1.165) is 37.6 Å². The highest BCUT2D eigenvalue weighted by atomic mass is 16.5. The van der Waals surface area contributed by atoms with Crippen molar-refractivity contribution in [3.05, 3.63) is 36.0 Å². The van der Waals surface area contributed by atoms with E-state index in [9.17, 15) is 9.59 Å². The molecule has 5 nitrogen and oxygen atoms in total. The Morgan fingerprint density at radius 3 is 2.81 bits per heavy atom. The summed E-state index contributed by atoms with van der Waals surface area (Å²) in [6.45, 7) is 1.65. The Balaban J connectivity index is 1.39. The summed E-state index contributed by atoms with van der Waals surface area (Å²) in [7, 11) is 0. The molecule has 0 spiro atoms. The number of rotatable bonds is 7. The number of esters is 1. The zero-order valence-corrected chi connectivity index (χ0v) is 15.4. The molecular formula is C21H28N2O3. The Kier molecular flexibility index (Phi) is 6.31. The SMILES string of the molecule is C[C@@H](OC(=O)CCCc1c[nH]c2ccccc12)C(=O)NC1CCCCC1. The second-order valence-corrected chi connectivity index (χ2v) is 7.19. The Labute approximate surface area is 154 Å². The third-order valence-corrected chi connectivity index (χ3v) is 5.13. The van der Waals surface area contributed by atoms with Crippen LogP contribution in [0.5, 0.6) is 0 Å². The maximum Gasteiger partial charge on any atom is 0.306 e. The van der Waals surface area contributed by atoms with Gasteiger partial charge in [0.25, 0.3) is 5.91 Å². The minimum atomic E-state index is -0.725. The lowest BCUT2D eigenvalue weighted by Crippen LogP contribution is -2.42. The van der Waals surface area contributed by atoms with Gasteiger partial charge < -0.3 is 15.0 Å². The Hall–Kier alpha value is -2.30. The molecule has 1 fully saturated rings. The number of fused-ring (bicyclic) bond motifs is 1. The highest BCUT2D eigenvalue weighted by Crippen LogP contribution is 2.20. The van der Waals surface area contributed by atoms with Crippen molar-refractivity contribution in [3.63, 3.8) is 0 Å². The molecule has 26 heavy (non-hydrogen) atoms. The zero-order valence-electron chi connectivity index (χ0n) is 15.4. The maximum absolute atomic E-state index is 12.2. The Morgan fingerprint density at radius 1 is 1.23 bits per heavy atom. The average Bonchev–Trinajstić information content (AvgIpc) is 3.06. The normalized spacial score (nSPS) is 16.3. The third kappa shape index (κ3) is 4.87. The minimum Gasteiger partial charge on any atom is -0.453 e. The van der Waals surface area contributed by atoms with E-state index in [1.54, 1.807) is 6.92 Å². The number of ether oxygens (including phenoxy) is 1. The van der Waals surface area contributed by atoms with Crippen LogP contribution in [0, 0.1) is 0 Å². The number of aromatic nitrogens is 1. The molecule has 0 radical (unpaired) electrons. The molecule has 0 bridgehead atoms. The van der Waals surface area contributed by atoms with Crippen molar-refractivity contribution < 1.29 is 14.3 Å². The molecule has 1 aromatic heterocycles. The molecule has 1 aliphatic rings. The molecule has 1 aliphatic carbocycles. The second kappa shape index (κ2) is 8.88. The van der Waals surface area contributed by atoms with E-state index in [1.165, 1.54) is 17.4 Å². The van der Waals surface area contributed by atoms with Crippen LogP contribution in [0.2, 0.25) is 0 Å². The number of hydrogen-bond donors (Lipinski definition) is 2. The molecule has 3 rings (SSSR count). The molecule has 0 aliphatic heterocycles. The first-order valence-corrected chi connectivity index (χ1v) is 9.68. The van der Waals surface area contributed by atoms with E-state index in [1.807, 2.05) is 24.4 Å². The lowest BCUT2D eigenvalue weighted by Gasteiger charge is -2.24. The van der Waals surface area contributed by atoms with E-state index >= 15 is 0 Å². The van der Waals surface area contributed by atoms with E-state index in [-0.39, 0.29) is 17.9 Å². The molecule has 0 unspecified atom stereocenters. The van der Waals surface area contributed by atoms with Crippen LogP contribution in [0.3, 0.4) is 0 Å². The number of amides is 1. The lowest BCUT2D eigenvalue weighted by molar-refractivity contribution is -0.155. The number of para-hydroxylation sites is 1. The van der Waals surface area contributed by atoms with Gasteiger partial charge in [-0.3, -0.25) is 9.59 Å². The minimum absolute atomic E-state index is 0.179. The standard InChI is InChI=1S/C21H28N2O3/c1-15(21(25)23-17-9-3-2-4-10-17)26-20(24)13-7-8-16-14-22-19-12-6-5-11-18(16)19/h5-6,11-12,14-15,17,22H,2-4,7-10,13H2,1H3,(H,23,25)/t15-/m1/s1. The largest absolute Gasteiger partial charge is 0.453 e. The van der Waals surface area contributed by atoms with Gasteiger partial charge in [0, 0.05) is 29.6 Å². The molecule has 140 valence electrons. The van der Waals surface area contributed by atoms with Crippen molar-refractivity contribution in [3.8, 4) is 0 Å². The Bertz CT molecular complexity index is 747. The molecule has 0 saturated heterocycles. The second-order valence-electron chi connectivity index (χ2n) is 7.19.